The fourth-order valence-electron chi connectivity index (χ4n) is 2.47. The van der Waals surface area contributed by atoms with E-state index in [1.165, 1.54) is 0 Å². The Kier molecular flexibility index (Phi) is 9.24. The Morgan fingerprint density at radius 1 is 1.22 bits per heavy atom. The van der Waals surface area contributed by atoms with Crippen LogP contribution in [0.15, 0.2) is 17.3 Å². The molecule has 1 atom stereocenters. The SMILES string of the molecule is [N-]=[N+]=NCC(=O)NCCCC[C@H](CC(=O)CCN1C(=O)C=CC1=O)C(=O)O. The van der Waals surface area contributed by atoms with E-state index < -0.39 is 29.6 Å². The van der Waals surface area contributed by atoms with Crippen molar-refractivity contribution in [3.8, 4) is 0 Å². The molecule has 0 aliphatic carbocycles. The highest BCUT2D eigenvalue weighted by atomic mass is 16.4. The van der Waals surface area contributed by atoms with Crippen LogP contribution in [-0.4, -0.2) is 59.1 Å². The number of unbranched alkanes of at least 4 members (excludes halogenated alkanes) is 1. The van der Waals surface area contributed by atoms with Gasteiger partial charge in [-0.1, -0.05) is 11.5 Å². The van der Waals surface area contributed by atoms with E-state index in [0.29, 0.717) is 19.4 Å². The largest absolute Gasteiger partial charge is 0.481 e. The van der Waals surface area contributed by atoms with Crippen LogP contribution < -0.4 is 5.32 Å². The summed E-state index contributed by atoms with van der Waals surface area (Å²) < 4.78 is 0. The number of imide groups is 1. The van der Waals surface area contributed by atoms with Gasteiger partial charge < -0.3 is 10.4 Å². The Morgan fingerprint density at radius 3 is 2.48 bits per heavy atom. The minimum atomic E-state index is -1.09. The molecular formula is C16H21N5O6. The maximum Gasteiger partial charge on any atom is 0.306 e. The topological polar surface area (TPSA) is 170 Å². The highest BCUT2D eigenvalue weighted by Crippen LogP contribution is 2.15. The Labute approximate surface area is 155 Å². The molecule has 11 heteroatoms. The number of carbonyl (C=O) groups excluding carboxylic acids is 4. The normalized spacial score (nSPS) is 14.0. The zero-order valence-corrected chi connectivity index (χ0v) is 14.7. The highest BCUT2D eigenvalue weighted by molar-refractivity contribution is 6.13. The molecule has 0 aromatic rings. The van der Waals surface area contributed by atoms with Gasteiger partial charge in [0, 0.05) is 43.0 Å². The van der Waals surface area contributed by atoms with Crippen LogP contribution in [0.1, 0.15) is 32.1 Å². The molecule has 3 amide bonds. The van der Waals surface area contributed by atoms with E-state index in [4.69, 9.17) is 5.53 Å². The summed E-state index contributed by atoms with van der Waals surface area (Å²) in [6.07, 6.45) is 3.25. The van der Waals surface area contributed by atoms with Gasteiger partial charge in [0.1, 0.15) is 12.3 Å². The van der Waals surface area contributed by atoms with Gasteiger partial charge in [-0.2, -0.15) is 0 Å². The summed E-state index contributed by atoms with van der Waals surface area (Å²) in [5, 5.41) is 14.9. The number of nitrogens with zero attached hydrogens (tertiary/aromatic N) is 4. The number of carbonyl (C=O) groups is 5. The molecular weight excluding hydrogens is 358 g/mol. The number of hydrogen-bond acceptors (Lipinski definition) is 6. The monoisotopic (exact) mass is 379 g/mol. The van der Waals surface area contributed by atoms with Crippen LogP contribution in [0.25, 0.3) is 10.4 Å². The summed E-state index contributed by atoms with van der Waals surface area (Å²) in [6.45, 7) is -0.0421. The molecule has 0 saturated carbocycles. The summed E-state index contributed by atoms with van der Waals surface area (Å²) >= 11 is 0. The van der Waals surface area contributed by atoms with Crippen LogP contribution in [0.3, 0.4) is 0 Å². The van der Waals surface area contributed by atoms with Crippen molar-refractivity contribution in [1.82, 2.24) is 10.2 Å². The van der Waals surface area contributed by atoms with Gasteiger partial charge in [-0.3, -0.25) is 28.9 Å². The lowest BCUT2D eigenvalue weighted by molar-refractivity contribution is -0.144. The third kappa shape index (κ3) is 8.15. The second-order valence-corrected chi connectivity index (χ2v) is 5.92. The van der Waals surface area contributed by atoms with Crippen molar-refractivity contribution in [1.29, 1.82) is 0 Å². The molecule has 11 nitrogen and oxygen atoms in total. The van der Waals surface area contributed by atoms with Crippen LogP contribution >= 0.6 is 0 Å². The molecule has 1 aliphatic heterocycles. The van der Waals surface area contributed by atoms with Gasteiger partial charge in [0.15, 0.2) is 0 Å². The van der Waals surface area contributed by atoms with Crippen molar-refractivity contribution >= 4 is 29.5 Å². The average molecular weight is 379 g/mol. The molecule has 0 radical (unpaired) electrons. The van der Waals surface area contributed by atoms with E-state index >= 15 is 0 Å². The average Bonchev–Trinajstić information content (AvgIpc) is 2.94. The highest BCUT2D eigenvalue weighted by Gasteiger charge is 2.25. The number of amides is 3. The maximum atomic E-state index is 12.0. The summed E-state index contributed by atoms with van der Waals surface area (Å²) in [5.41, 5.74) is 8.09. The number of aliphatic carboxylic acids is 1. The molecule has 1 heterocycles. The van der Waals surface area contributed by atoms with Crippen molar-refractivity contribution in [3.63, 3.8) is 0 Å². The van der Waals surface area contributed by atoms with E-state index in [0.717, 1.165) is 17.1 Å². The Hall–Kier alpha value is -3.20. The van der Waals surface area contributed by atoms with Crippen molar-refractivity contribution in [2.24, 2.45) is 11.0 Å². The fourth-order valence-corrected chi connectivity index (χ4v) is 2.47. The summed E-state index contributed by atoms with van der Waals surface area (Å²) in [6, 6.07) is 0. The Morgan fingerprint density at radius 2 is 1.89 bits per heavy atom. The van der Waals surface area contributed by atoms with Crippen LogP contribution in [0, 0.1) is 5.92 Å². The minimum Gasteiger partial charge on any atom is -0.481 e. The van der Waals surface area contributed by atoms with E-state index in [2.05, 4.69) is 15.3 Å². The third-order valence-electron chi connectivity index (χ3n) is 3.92. The first-order valence-electron chi connectivity index (χ1n) is 8.40. The van der Waals surface area contributed by atoms with Crippen LogP contribution in [0.4, 0.5) is 0 Å². The second kappa shape index (κ2) is 11.4. The molecule has 0 spiro atoms. The molecule has 0 bridgehead atoms. The number of ketones is 1. The molecule has 1 aliphatic rings. The number of rotatable bonds is 13. The van der Waals surface area contributed by atoms with Crippen LogP contribution in [0.2, 0.25) is 0 Å². The van der Waals surface area contributed by atoms with E-state index in [-0.39, 0.29) is 38.1 Å². The maximum absolute atomic E-state index is 12.0. The van der Waals surface area contributed by atoms with Gasteiger partial charge >= 0.3 is 5.97 Å². The summed E-state index contributed by atoms with van der Waals surface area (Å²) in [7, 11) is 0. The van der Waals surface area contributed by atoms with Crippen LogP contribution in [-0.2, 0) is 24.0 Å². The molecule has 0 aromatic heterocycles. The standard InChI is InChI=1S/C16H21N5O6/c17-20-19-10-13(23)18-7-2-1-3-11(16(26)27)9-12(22)6-8-21-14(24)4-5-15(21)25/h4-5,11H,1-3,6-10H2,(H,18,23)(H,26,27)/t11-/m1/s1. The fraction of sp³-hybridized carbons (Fsp3) is 0.562. The molecule has 0 fully saturated rings. The zero-order chi connectivity index (χ0) is 20.2. The molecule has 1 rings (SSSR count). The number of carboxylic acid groups (broad SMARTS) is 1. The van der Waals surface area contributed by atoms with Gasteiger partial charge in [0.25, 0.3) is 11.8 Å². The van der Waals surface area contributed by atoms with Crippen molar-refractivity contribution in [2.75, 3.05) is 19.6 Å². The van der Waals surface area contributed by atoms with Gasteiger partial charge in [0.2, 0.25) is 5.91 Å². The van der Waals surface area contributed by atoms with Crippen molar-refractivity contribution < 1.29 is 29.1 Å². The number of carboxylic acids is 1. The Balaban J connectivity index is 2.28. The van der Waals surface area contributed by atoms with E-state index in [1.54, 1.807) is 0 Å². The number of hydrogen-bond donors (Lipinski definition) is 2. The van der Waals surface area contributed by atoms with Gasteiger partial charge in [0.05, 0.1) is 5.92 Å². The number of nitrogens with one attached hydrogen (secondary N) is 1. The molecule has 27 heavy (non-hydrogen) atoms. The van der Waals surface area contributed by atoms with Gasteiger partial charge in [-0.05, 0) is 18.4 Å². The first-order chi connectivity index (χ1) is 12.8. The minimum absolute atomic E-state index is 0.0625. The lowest BCUT2D eigenvalue weighted by Gasteiger charge is -2.15. The first-order valence-corrected chi connectivity index (χ1v) is 8.40. The predicted molar refractivity (Wildman–Crippen MR) is 92.1 cm³/mol. The third-order valence-corrected chi connectivity index (χ3v) is 3.92. The Bertz CT molecular complexity index is 665. The molecule has 0 saturated heterocycles. The summed E-state index contributed by atoms with van der Waals surface area (Å²) in [4.78, 5) is 60.7. The predicted octanol–water partition coefficient (Wildman–Crippen LogP) is 0.558. The molecule has 2 N–H and O–H groups in total. The molecule has 146 valence electrons. The lowest BCUT2D eigenvalue weighted by Crippen LogP contribution is -2.32. The van der Waals surface area contributed by atoms with Crippen molar-refractivity contribution in [3.05, 3.63) is 22.6 Å². The number of azide groups is 1. The quantitative estimate of drug-likeness (QED) is 0.156. The smallest absolute Gasteiger partial charge is 0.306 e. The van der Waals surface area contributed by atoms with Gasteiger partial charge in [-0.15, -0.1) is 0 Å². The molecule has 0 aromatic carbocycles. The van der Waals surface area contributed by atoms with E-state index in [9.17, 15) is 29.1 Å². The molecule has 0 unspecified atom stereocenters. The second-order valence-electron chi connectivity index (χ2n) is 5.92. The van der Waals surface area contributed by atoms with Crippen molar-refractivity contribution in [2.45, 2.75) is 32.1 Å². The number of Topliss-reactive ketones (excluding diaryl/α,β-unsaturated/α-hetero) is 1. The lowest BCUT2D eigenvalue weighted by atomic mass is 9.95. The van der Waals surface area contributed by atoms with E-state index in [1.807, 2.05) is 0 Å². The first kappa shape index (κ1) is 21.8. The van der Waals surface area contributed by atoms with Crippen LogP contribution in [0.5, 0.6) is 0 Å². The zero-order valence-electron chi connectivity index (χ0n) is 14.7. The van der Waals surface area contributed by atoms with Gasteiger partial charge in [-0.25, -0.2) is 0 Å². The summed E-state index contributed by atoms with van der Waals surface area (Å²) in [5.74, 6) is -3.67.